The summed E-state index contributed by atoms with van der Waals surface area (Å²) >= 11 is 0. The molecule has 1 amide bonds. The quantitative estimate of drug-likeness (QED) is 0.536. The zero-order valence-corrected chi connectivity index (χ0v) is 14.7. The van der Waals surface area contributed by atoms with Crippen molar-refractivity contribution in [3.63, 3.8) is 0 Å². The number of aromatic nitrogens is 3. The highest BCUT2D eigenvalue weighted by Crippen LogP contribution is 2.28. The van der Waals surface area contributed by atoms with Gasteiger partial charge in [-0.05, 0) is 25.0 Å². The van der Waals surface area contributed by atoms with Gasteiger partial charge in [0.15, 0.2) is 17.1 Å². The summed E-state index contributed by atoms with van der Waals surface area (Å²) in [6.45, 7) is 0. The van der Waals surface area contributed by atoms with Crippen LogP contribution in [0.3, 0.4) is 0 Å². The monoisotopic (exact) mass is 367 g/mol. The Bertz CT molecular complexity index is 971. The van der Waals surface area contributed by atoms with Crippen molar-refractivity contribution in [2.24, 2.45) is 11.5 Å². The smallest absolute Gasteiger partial charge is 0.273 e. The first-order valence-corrected chi connectivity index (χ1v) is 8.91. The first kappa shape index (κ1) is 17.2. The van der Waals surface area contributed by atoms with Crippen LogP contribution in [0.1, 0.15) is 36.2 Å². The molecule has 4 rings (SSSR count). The Labute approximate surface area is 155 Å². The molecule has 1 saturated carbocycles. The number of carbonyl (C=O) groups excluding carboxylic acids is 1. The van der Waals surface area contributed by atoms with E-state index in [4.69, 9.17) is 15.9 Å². The molecule has 0 radical (unpaired) electrons. The summed E-state index contributed by atoms with van der Waals surface area (Å²) in [5, 5.41) is 15.2. The minimum absolute atomic E-state index is 0.0337. The Balaban J connectivity index is 1.65. The van der Waals surface area contributed by atoms with Gasteiger partial charge in [0.25, 0.3) is 5.91 Å². The van der Waals surface area contributed by atoms with Crippen molar-refractivity contribution in [2.75, 3.05) is 10.6 Å². The Kier molecular flexibility index (Phi) is 4.59. The molecular formula is C18H21N7O2. The maximum atomic E-state index is 11.8. The van der Waals surface area contributed by atoms with Crippen molar-refractivity contribution in [3.05, 3.63) is 36.2 Å². The second-order valence-electron chi connectivity index (χ2n) is 6.67. The first-order valence-electron chi connectivity index (χ1n) is 8.91. The SMILES string of the molecule is NC(=O)c1nnc(N[C@@H]2CCCC[C@@H]2N)nc1Nc1cccc2ccoc12. The van der Waals surface area contributed by atoms with Crippen LogP contribution in [0.25, 0.3) is 11.0 Å². The molecule has 0 saturated heterocycles. The lowest BCUT2D eigenvalue weighted by molar-refractivity contribution is 0.0995. The predicted molar refractivity (Wildman–Crippen MR) is 102 cm³/mol. The lowest BCUT2D eigenvalue weighted by Crippen LogP contribution is -2.43. The molecule has 27 heavy (non-hydrogen) atoms. The molecule has 1 aliphatic carbocycles. The standard InChI is InChI=1S/C18H21N7O2/c19-11-5-1-2-6-12(11)22-18-23-17(14(16(20)26)24-25-18)21-13-7-3-4-10-8-9-27-15(10)13/h3-4,7-9,11-12H,1-2,5-6,19H2,(H2,20,26)(H2,21,22,23,25)/t11-,12+/m0/s1. The van der Waals surface area contributed by atoms with Crippen LogP contribution in [0, 0.1) is 0 Å². The van der Waals surface area contributed by atoms with Crippen molar-refractivity contribution in [1.29, 1.82) is 0 Å². The number of hydrogen-bond acceptors (Lipinski definition) is 8. The van der Waals surface area contributed by atoms with Crippen molar-refractivity contribution in [1.82, 2.24) is 15.2 Å². The number of para-hydroxylation sites is 1. The third-order valence-corrected chi connectivity index (χ3v) is 4.79. The Morgan fingerprint density at radius 2 is 2.04 bits per heavy atom. The van der Waals surface area contributed by atoms with Gasteiger partial charge in [-0.1, -0.05) is 25.0 Å². The molecule has 1 fully saturated rings. The number of nitrogens with one attached hydrogen (secondary N) is 2. The number of nitrogens with zero attached hydrogens (tertiary/aromatic N) is 3. The topological polar surface area (TPSA) is 145 Å². The van der Waals surface area contributed by atoms with Crippen LogP contribution in [0.5, 0.6) is 0 Å². The van der Waals surface area contributed by atoms with Gasteiger partial charge in [0.2, 0.25) is 5.95 Å². The summed E-state index contributed by atoms with van der Waals surface area (Å²) in [4.78, 5) is 16.2. The van der Waals surface area contributed by atoms with Gasteiger partial charge in [-0.2, -0.15) is 4.98 Å². The number of amides is 1. The van der Waals surface area contributed by atoms with Gasteiger partial charge in [-0.25, -0.2) is 0 Å². The average molecular weight is 367 g/mol. The molecule has 0 aliphatic heterocycles. The van der Waals surface area contributed by atoms with Crippen LogP contribution < -0.4 is 22.1 Å². The van der Waals surface area contributed by atoms with Crippen LogP contribution in [0.2, 0.25) is 0 Å². The van der Waals surface area contributed by atoms with E-state index in [1.165, 1.54) is 0 Å². The molecule has 0 unspecified atom stereocenters. The summed E-state index contributed by atoms with van der Waals surface area (Å²) < 4.78 is 5.51. The van der Waals surface area contributed by atoms with Crippen LogP contribution in [-0.2, 0) is 0 Å². The minimum Gasteiger partial charge on any atom is -0.462 e. The zero-order chi connectivity index (χ0) is 18.8. The number of nitrogens with two attached hydrogens (primary N) is 2. The summed E-state index contributed by atoms with van der Waals surface area (Å²) in [7, 11) is 0. The van der Waals surface area contributed by atoms with Crippen molar-refractivity contribution in [2.45, 2.75) is 37.8 Å². The normalized spacial score (nSPS) is 19.7. The van der Waals surface area contributed by atoms with Gasteiger partial charge >= 0.3 is 0 Å². The highest BCUT2D eigenvalue weighted by atomic mass is 16.3. The molecule has 140 valence electrons. The maximum absolute atomic E-state index is 11.8. The molecule has 1 aromatic carbocycles. The van der Waals surface area contributed by atoms with Crippen LogP contribution in [0.4, 0.5) is 17.5 Å². The fraction of sp³-hybridized carbons (Fsp3) is 0.333. The number of furan rings is 1. The first-order chi connectivity index (χ1) is 13.1. The lowest BCUT2D eigenvalue weighted by atomic mass is 9.91. The van der Waals surface area contributed by atoms with Gasteiger partial charge in [0, 0.05) is 17.5 Å². The summed E-state index contributed by atoms with van der Waals surface area (Å²) in [6.07, 6.45) is 5.72. The average Bonchev–Trinajstić information content (AvgIpc) is 3.13. The van der Waals surface area contributed by atoms with E-state index in [1.54, 1.807) is 6.26 Å². The van der Waals surface area contributed by atoms with E-state index >= 15 is 0 Å². The van der Waals surface area contributed by atoms with Gasteiger partial charge in [0.1, 0.15) is 0 Å². The van der Waals surface area contributed by atoms with Gasteiger partial charge in [-0.15, -0.1) is 10.2 Å². The summed E-state index contributed by atoms with van der Waals surface area (Å²) in [5.74, 6) is -0.199. The van der Waals surface area contributed by atoms with E-state index in [-0.39, 0.29) is 23.6 Å². The van der Waals surface area contributed by atoms with E-state index in [1.807, 2.05) is 24.3 Å². The fourth-order valence-corrected chi connectivity index (χ4v) is 3.36. The van der Waals surface area contributed by atoms with Gasteiger partial charge in [0.05, 0.1) is 12.0 Å². The highest BCUT2D eigenvalue weighted by molar-refractivity contribution is 5.98. The third-order valence-electron chi connectivity index (χ3n) is 4.79. The van der Waals surface area contributed by atoms with Crippen LogP contribution >= 0.6 is 0 Å². The molecule has 6 N–H and O–H groups in total. The number of benzene rings is 1. The molecule has 0 bridgehead atoms. The predicted octanol–water partition coefficient (Wildman–Crippen LogP) is 2.14. The number of anilines is 3. The molecule has 0 spiro atoms. The Hall–Kier alpha value is -3.20. The molecule has 2 atom stereocenters. The second kappa shape index (κ2) is 7.20. The molecule has 2 aromatic heterocycles. The molecular weight excluding hydrogens is 346 g/mol. The maximum Gasteiger partial charge on any atom is 0.273 e. The largest absolute Gasteiger partial charge is 0.462 e. The minimum atomic E-state index is -0.718. The van der Waals surface area contributed by atoms with E-state index in [9.17, 15) is 4.79 Å². The second-order valence-corrected chi connectivity index (χ2v) is 6.67. The van der Waals surface area contributed by atoms with Gasteiger partial charge < -0.3 is 26.5 Å². The van der Waals surface area contributed by atoms with Crippen LogP contribution in [0.15, 0.2) is 34.9 Å². The van der Waals surface area contributed by atoms with E-state index in [0.29, 0.717) is 17.2 Å². The van der Waals surface area contributed by atoms with Crippen molar-refractivity contribution >= 4 is 34.3 Å². The van der Waals surface area contributed by atoms with Gasteiger partial charge in [-0.3, -0.25) is 4.79 Å². The summed E-state index contributed by atoms with van der Waals surface area (Å²) in [6, 6.07) is 7.58. The van der Waals surface area contributed by atoms with Crippen molar-refractivity contribution < 1.29 is 9.21 Å². The highest BCUT2D eigenvalue weighted by Gasteiger charge is 2.23. The number of hydrogen-bond donors (Lipinski definition) is 4. The fourth-order valence-electron chi connectivity index (χ4n) is 3.36. The Morgan fingerprint density at radius 1 is 1.19 bits per heavy atom. The van der Waals surface area contributed by atoms with E-state index in [2.05, 4.69) is 25.8 Å². The molecule has 3 aromatic rings. The summed E-state index contributed by atoms with van der Waals surface area (Å²) in [5.41, 5.74) is 12.9. The number of rotatable bonds is 5. The zero-order valence-electron chi connectivity index (χ0n) is 14.7. The van der Waals surface area contributed by atoms with E-state index < -0.39 is 5.91 Å². The number of fused-ring (bicyclic) bond motifs is 1. The van der Waals surface area contributed by atoms with E-state index in [0.717, 1.165) is 31.1 Å². The molecule has 9 nitrogen and oxygen atoms in total. The number of primary amides is 1. The Morgan fingerprint density at radius 3 is 2.85 bits per heavy atom. The third kappa shape index (κ3) is 3.54. The molecule has 1 aliphatic rings. The molecule has 9 heteroatoms. The molecule has 2 heterocycles. The lowest BCUT2D eigenvalue weighted by Gasteiger charge is -2.29. The van der Waals surface area contributed by atoms with Crippen molar-refractivity contribution in [3.8, 4) is 0 Å². The van der Waals surface area contributed by atoms with Crippen LogP contribution in [-0.4, -0.2) is 33.2 Å². The number of carbonyl (C=O) groups is 1.